The Balaban J connectivity index is 1.24. The molecule has 0 unspecified atom stereocenters. The van der Waals surface area contributed by atoms with Crippen molar-refractivity contribution in [2.45, 2.75) is 51.0 Å². The quantitative estimate of drug-likeness (QED) is 0.829. The van der Waals surface area contributed by atoms with Gasteiger partial charge < -0.3 is 13.9 Å². The molecule has 4 rings (SSSR count). The minimum atomic E-state index is 0.0234. The maximum atomic E-state index is 6.18. The molecule has 6 heteroatoms. The van der Waals surface area contributed by atoms with Crippen LogP contribution in [0.2, 0.25) is 0 Å². The lowest BCUT2D eigenvalue weighted by Gasteiger charge is -2.38. The van der Waals surface area contributed by atoms with Gasteiger partial charge in [-0.15, -0.1) is 11.3 Å². The van der Waals surface area contributed by atoms with Gasteiger partial charge in [-0.1, -0.05) is 0 Å². The zero-order chi connectivity index (χ0) is 16.4. The minimum Gasteiger partial charge on any atom is -0.472 e. The van der Waals surface area contributed by atoms with Crippen LogP contribution >= 0.6 is 11.3 Å². The van der Waals surface area contributed by atoms with Gasteiger partial charge in [0.25, 0.3) is 0 Å². The number of rotatable bonds is 5. The second-order valence-electron chi connectivity index (χ2n) is 6.90. The predicted molar refractivity (Wildman–Crippen MR) is 91.9 cm³/mol. The first kappa shape index (κ1) is 16.3. The van der Waals surface area contributed by atoms with Crippen LogP contribution in [0.1, 0.15) is 35.5 Å². The van der Waals surface area contributed by atoms with Crippen LogP contribution in [0, 0.1) is 6.92 Å². The molecule has 130 valence electrons. The summed E-state index contributed by atoms with van der Waals surface area (Å²) in [6.45, 7) is 6.45. The van der Waals surface area contributed by atoms with Crippen molar-refractivity contribution in [3.05, 3.63) is 40.2 Å². The summed E-state index contributed by atoms with van der Waals surface area (Å²) >= 11 is 1.68. The monoisotopic (exact) mass is 348 g/mol. The van der Waals surface area contributed by atoms with Crippen LogP contribution in [-0.4, -0.2) is 41.3 Å². The number of furan rings is 1. The van der Waals surface area contributed by atoms with Crippen LogP contribution in [0.5, 0.6) is 0 Å². The lowest BCUT2D eigenvalue weighted by molar-refractivity contribution is -0.0468. The average molecular weight is 348 g/mol. The number of nitrogens with zero attached hydrogens (tertiary/aromatic N) is 2. The van der Waals surface area contributed by atoms with E-state index < -0.39 is 0 Å². The second-order valence-corrected chi connectivity index (χ2v) is 7.96. The summed E-state index contributed by atoms with van der Waals surface area (Å²) < 4.78 is 17.4. The molecule has 4 heterocycles. The van der Waals surface area contributed by atoms with Gasteiger partial charge in [-0.25, -0.2) is 4.98 Å². The lowest BCUT2D eigenvalue weighted by Crippen LogP contribution is -2.43. The van der Waals surface area contributed by atoms with E-state index in [4.69, 9.17) is 13.9 Å². The molecule has 0 aromatic carbocycles. The summed E-state index contributed by atoms with van der Waals surface area (Å²) in [5.74, 6) is 0. The van der Waals surface area contributed by atoms with Crippen molar-refractivity contribution in [3.8, 4) is 0 Å². The van der Waals surface area contributed by atoms with Gasteiger partial charge >= 0.3 is 0 Å². The van der Waals surface area contributed by atoms with E-state index in [1.807, 2.05) is 19.3 Å². The van der Waals surface area contributed by atoms with Gasteiger partial charge in [-0.2, -0.15) is 0 Å². The molecule has 2 aliphatic rings. The Morgan fingerprint density at radius 1 is 1.42 bits per heavy atom. The molecule has 0 saturated carbocycles. The minimum absolute atomic E-state index is 0.0234. The molecule has 0 aliphatic carbocycles. The van der Waals surface area contributed by atoms with Crippen LogP contribution in [0.25, 0.3) is 0 Å². The number of piperidine rings is 1. The number of hydrogen-bond acceptors (Lipinski definition) is 6. The normalized spacial score (nSPS) is 24.0. The molecular formula is C18H24N2O3S. The first-order valence-electron chi connectivity index (χ1n) is 8.61. The smallest absolute Gasteiger partial charge is 0.0947 e. The van der Waals surface area contributed by atoms with Gasteiger partial charge in [0.1, 0.15) is 0 Å². The highest BCUT2D eigenvalue weighted by Gasteiger charge is 2.43. The van der Waals surface area contributed by atoms with Crippen molar-refractivity contribution in [2.75, 3.05) is 19.7 Å². The van der Waals surface area contributed by atoms with Crippen LogP contribution in [0.15, 0.2) is 28.4 Å². The third-order valence-corrected chi connectivity index (χ3v) is 5.88. The van der Waals surface area contributed by atoms with Gasteiger partial charge in [-0.3, -0.25) is 4.90 Å². The lowest BCUT2D eigenvalue weighted by atomic mass is 9.88. The van der Waals surface area contributed by atoms with E-state index >= 15 is 0 Å². The van der Waals surface area contributed by atoms with Crippen molar-refractivity contribution in [1.82, 2.24) is 9.88 Å². The highest BCUT2D eigenvalue weighted by molar-refractivity contribution is 7.09. The van der Waals surface area contributed by atoms with E-state index in [0.717, 1.165) is 49.6 Å². The van der Waals surface area contributed by atoms with E-state index in [-0.39, 0.29) is 11.7 Å². The summed E-state index contributed by atoms with van der Waals surface area (Å²) in [5.41, 5.74) is 2.31. The molecule has 2 fully saturated rings. The third-order valence-electron chi connectivity index (χ3n) is 5.06. The van der Waals surface area contributed by atoms with E-state index in [2.05, 4.69) is 15.3 Å². The highest BCUT2D eigenvalue weighted by Crippen LogP contribution is 2.37. The van der Waals surface area contributed by atoms with Crippen molar-refractivity contribution >= 4 is 11.3 Å². The third kappa shape index (κ3) is 3.72. The zero-order valence-electron chi connectivity index (χ0n) is 14.1. The Morgan fingerprint density at radius 2 is 2.29 bits per heavy atom. The predicted octanol–water partition coefficient (Wildman–Crippen LogP) is 3.38. The van der Waals surface area contributed by atoms with E-state index in [9.17, 15) is 0 Å². The fraction of sp³-hybridized carbons (Fsp3) is 0.611. The number of thiazole rings is 1. The molecule has 2 aromatic heterocycles. The molecule has 1 atom stereocenters. The number of hydrogen-bond donors (Lipinski definition) is 0. The van der Waals surface area contributed by atoms with Crippen molar-refractivity contribution in [3.63, 3.8) is 0 Å². The topological polar surface area (TPSA) is 47.7 Å². The molecule has 0 bridgehead atoms. The van der Waals surface area contributed by atoms with E-state index in [1.165, 1.54) is 5.56 Å². The Bertz CT molecular complexity index is 647. The Morgan fingerprint density at radius 3 is 3.00 bits per heavy atom. The Hall–Kier alpha value is -1.21. The zero-order valence-corrected chi connectivity index (χ0v) is 14.9. The van der Waals surface area contributed by atoms with E-state index in [0.29, 0.717) is 13.2 Å². The molecule has 2 aliphatic heterocycles. The number of likely N-dealkylation sites (tertiary alicyclic amines) is 1. The number of aryl methyl sites for hydroxylation is 1. The van der Waals surface area contributed by atoms with Gasteiger partial charge in [-0.05, 0) is 25.8 Å². The molecule has 2 aromatic rings. The SMILES string of the molecule is Cc1nc(CO[C@@H]2COC3(CCN(Cc4ccoc4)CC3)C2)cs1. The van der Waals surface area contributed by atoms with Gasteiger partial charge in [0, 0.05) is 37.0 Å². The molecule has 1 spiro atoms. The molecule has 2 saturated heterocycles. The van der Waals surface area contributed by atoms with Crippen LogP contribution in [0.3, 0.4) is 0 Å². The number of ether oxygens (including phenoxy) is 2. The largest absolute Gasteiger partial charge is 0.472 e. The van der Waals surface area contributed by atoms with Crippen LogP contribution in [0.4, 0.5) is 0 Å². The standard InChI is InChI=1S/C18H24N2O3S/c1-14-19-16(13-24-14)11-22-17-8-18(23-12-17)3-5-20(6-4-18)9-15-2-7-21-10-15/h2,7,10,13,17H,3-6,8-9,11-12H2,1H3/t17-/m0/s1. The molecule has 0 N–H and O–H groups in total. The highest BCUT2D eigenvalue weighted by atomic mass is 32.1. The van der Waals surface area contributed by atoms with E-state index in [1.54, 1.807) is 17.6 Å². The van der Waals surface area contributed by atoms with Crippen molar-refractivity contribution in [2.24, 2.45) is 0 Å². The molecule has 24 heavy (non-hydrogen) atoms. The molecule has 0 amide bonds. The first-order valence-corrected chi connectivity index (χ1v) is 9.49. The van der Waals surface area contributed by atoms with Crippen LogP contribution < -0.4 is 0 Å². The Kier molecular flexibility index (Phi) is 4.72. The first-order chi connectivity index (χ1) is 11.7. The maximum Gasteiger partial charge on any atom is 0.0947 e. The summed E-state index contributed by atoms with van der Waals surface area (Å²) in [7, 11) is 0. The fourth-order valence-corrected chi connectivity index (χ4v) is 4.29. The van der Waals surface area contributed by atoms with Crippen LogP contribution in [-0.2, 0) is 22.6 Å². The summed E-state index contributed by atoms with van der Waals surface area (Å²) in [6.07, 6.45) is 6.96. The fourth-order valence-electron chi connectivity index (χ4n) is 3.70. The summed E-state index contributed by atoms with van der Waals surface area (Å²) in [5, 5.41) is 3.17. The number of aromatic nitrogens is 1. The summed E-state index contributed by atoms with van der Waals surface area (Å²) in [4.78, 5) is 6.94. The van der Waals surface area contributed by atoms with Gasteiger partial charge in [0.2, 0.25) is 0 Å². The molecule has 5 nitrogen and oxygen atoms in total. The van der Waals surface area contributed by atoms with Crippen molar-refractivity contribution < 1.29 is 13.9 Å². The Labute approximate surface area is 146 Å². The van der Waals surface area contributed by atoms with Gasteiger partial charge in [0.15, 0.2) is 0 Å². The van der Waals surface area contributed by atoms with Crippen molar-refractivity contribution in [1.29, 1.82) is 0 Å². The molecular weight excluding hydrogens is 324 g/mol. The molecule has 0 radical (unpaired) electrons. The van der Waals surface area contributed by atoms with Gasteiger partial charge in [0.05, 0.1) is 48.1 Å². The summed E-state index contributed by atoms with van der Waals surface area (Å²) in [6, 6.07) is 2.04. The second kappa shape index (κ2) is 6.96. The average Bonchev–Trinajstić information content (AvgIpc) is 3.31. The maximum absolute atomic E-state index is 6.18.